The van der Waals surface area contributed by atoms with Gasteiger partial charge in [0, 0.05) is 5.69 Å². The maximum atomic E-state index is 12.8. The first-order chi connectivity index (χ1) is 15.3. The fourth-order valence-electron chi connectivity index (χ4n) is 4.77. The Labute approximate surface area is 184 Å². The van der Waals surface area contributed by atoms with Crippen molar-refractivity contribution in [3.05, 3.63) is 42.0 Å². The van der Waals surface area contributed by atoms with Crippen LogP contribution < -0.4 is 5.32 Å². The monoisotopic (exact) mass is 440 g/mol. The molecule has 2 fully saturated rings. The summed E-state index contributed by atoms with van der Waals surface area (Å²) in [5, 5.41) is 2.55. The summed E-state index contributed by atoms with van der Waals surface area (Å²) >= 11 is 0. The molecular weight excluding hydrogens is 416 g/mol. The molecule has 3 aliphatic rings. The lowest BCUT2D eigenvalue weighted by Gasteiger charge is -2.23. The van der Waals surface area contributed by atoms with Gasteiger partial charge in [0.15, 0.2) is 6.61 Å². The second-order valence-electron chi connectivity index (χ2n) is 8.18. The van der Waals surface area contributed by atoms with E-state index in [2.05, 4.69) is 5.32 Å². The summed E-state index contributed by atoms with van der Waals surface area (Å²) in [7, 11) is 0. The molecule has 1 aromatic rings. The zero-order valence-corrected chi connectivity index (χ0v) is 17.8. The molecule has 1 saturated heterocycles. The summed E-state index contributed by atoms with van der Waals surface area (Å²) in [5.41, 5.74) is 0.756. The van der Waals surface area contributed by atoms with Gasteiger partial charge in [0.1, 0.15) is 6.04 Å². The van der Waals surface area contributed by atoms with Gasteiger partial charge in [-0.05, 0) is 56.4 Å². The van der Waals surface area contributed by atoms with E-state index in [1.807, 2.05) is 12.2 Å². The molecular formula is C23H24N2O7. The predicted octanol–water partition coefficient (Wildman–Crippen LogP) is 1.54. The summed E-state index contributed by atoms with van der Waals surface area (Å²) in [4.78, 5) is 62.8. The first kappa shape index (κ1) is 21.7. The van der Waals surface area contributed by atoms with Gasteiger partial charge in [0.05, 0.1) is 24.0 Å². The Morgan fingerprint density at radius 2 is 1.62 bits per heavy atom. The number of esters is 2. The number of benzene rings is 1. The average molecular weight is 440 g/mol. The summed E-state index contributed by atoms with van der Waals surface area (Å²) in [6.45, 7) is 2.82. The van der Waals surface area contributed by atoms with Crippen molar-refractivity contribution in [2.24, 2.45) is 23.7 Å². The van der Waals surface area contributed by atoms with Crippen molar-refractivity contribution in [1.29, 1.82) is 0 Å². The lowest BCUT2D eigenvalue weighted by Crippen LogP contribution is -2.45. The van der Waals surface area contributed by atoms with Crippen LogP contribution in [-0.2, 0) is 28.7 Å². The highest BCUT2D eigenvalue weighted by Crippen LogP contribution is 2.52. The van der Waals surface area contributed by atoms with Crippen LogP contribution in [0.5, 0.6) is 0 Å². The Kier molecular flexibility index (Phi) is 5.82. The number of hydrogen-bond acceptors (Lipinski definition) is 7. The standard InChI is InChI=1S/C23H24N2O7/c1-3-31-23(30)13-6-8-16(9-7-13)24-17(26)11-32-22(29)12(2)25-20(27)18-14-4-5-15(10-14)19(18)21(25)28/h4-9,12,14-15,18-19H,3,10-11H2,1-2H3,(H,24,26)/t12-,14-,15-,18-,19-/m0/s1. The number of carbonyl (C=O) groups excluding carboxylic acids is 5. The van der Waals surface area contributed by atoms with Crippen molar-refractivity contribution in [1.82, 2.24) is 4.90 Å². The number of nitrogens with zero attached hydrogens (tertiary/aromatic N) is 1. The van der Waals surface area contributed by atoms with E-state index in [1.54, 1.807) is 6.92 Å². The van der Waals surface area contributed by atoms with Crippen molar-refractivity contribution in [3.8, 4) is 0 Å². The zero-order valence-electron chi connectivity index (χ0n) is 17.8. The Balaban J connectivity index is 1.29. The number of hydrogen-bond donors (Lipinski definition) is 1. The highest BCUT2D eigenvalue weighted by Gasteiger charge is 2.60. The Hall–Kier alpha value is -3.49. The number of imide groups is 1. The molecule has 0 unspecified atom stereocenters. The second-order valence-corrected chi connectivity index (χ2v) is 8.18. The first-order valence-electron chi connectivity index (χ1n) is 10.6. The van der Waals surface area contributed by atoms with Crippen molar-refractivity contribution < 1.29 is 33.4 Å². The molecule has 2 bridgehead atoms. The van der Waals surface area contributed by atoms with Gasteiger partial charge in [0.25, 0.3) is 5.91 Å². The van der Waals surface area contributed by atoms with Crippen LogP contribution in [0.15, 0.2) is 36.4 Å². The Morgan fingerprint density at radius 3 is 2.19 bits per heavy atom. The second kappa shape index (κ2) is 8.57. The Morgan fingerprint density at radius 1 is 1.03 bits per heavy atom. The molecule has 1 aliphatic heterocycles. The van der Waals surface area contributed by atoms with E-state index >= 15 is 0 Å². The van der Waals surface area contributed by atoms with E-state index in [0.717, 1.165) is 11.3 Å². The van der Waals surface area contributed by atoms with Crippen molar-refractivity contribution in [2.75, 3.05) is 18.5 Å². The minimum Gasteiger partial charge on any atom is -0.462 e. The number of allylic oxidation sites excluding steroid dienone is 2. The van der Waals surface area contributed by atoms with Crippen LogP contribution in [0.25, 0.3) is 0 Å². The smallest absolute Gasteiger partial charge is 0.338 e. The molecule has 1 aromatic carbocycles. The molecule has 9 heteroatoms. The van der Waals surface area contributed by atoms with Crippen LogP contribution in [0.3, 0.4) is 0 Å². The normalized spacial score (nSPS) is 26.1. The summed E-state index contributed by atoms with van der Waals surface area (Å²) in [5.74, 6) is -3.24. The van der Waals surface area contributed by atoms with Crippen LogP contribution >= 0.6 is 0 Å². The van der Waals surface area contributed by atoms with Crippen LogP contribution in [-0.4, -0.2) is 53.8 Å². The maximum Gasteiger partial charge on any atom is 0.338 e. The minimum atomic E-state index is -1.10. The third-order valence-corrected chi connectivity index (χ3v) is 6.26. The van der Waals surface area contributed by atoms with Gasteiger partial charge in [0.2, 0.25) is 11.8 Å². The maximum absolute atomic E-state index is 12.8. The third-order valence-electron chi connectivity index (χ3n) is 6.26. The highest BCUT2D eigenvalue weighted by atomic mass is 16.5. The molecule has 1 heterocycles. The number of nitrogens with one attached hydrogen (secondary N) is 1. The van der Waals surface area contributed by atoms with E-state index in [4.69, 9.17) is 9.47 Å². The van der Waals surface area contributed by atoms with Crippen LogP contribution in [0, 0.1) is 23.7 Å². The molecule has 32 heavy (non-hydrogen) atoms. The van der Waals surface area contributed by atoms with Crippen LogP contribution in [0.4, 0.5) is 5.69 Å². The average Bonchev–Trinajstić information content (AvgIpc) is 3.46. The SMILES string of the molecule is CCOC(=O)c1ccc(NC(=O)COC(=O)[C@H](C)N2C(=O)[C@@H]3[C@@H](C2=O)[C@H]2C=C[C@H]3C2)cc1. The zero-order chi connectivity index (χ0) is 23.0. The molecule has 0 radical (unpaired) electrons. The molecule has 0 spiro atoms. The number of likely N-dealkylation sites (tertiary alicyclic amines) is 1. The largest absolute Gasteiger partial charge is 0.462 e. The molecule has 4 rings (SSSR count). The lowest BCUT2D eigenvalue weighted by atomic mass is 9.85. The van der Waals surface area contributed by atoms with E-state index < -0.39 is 42.3 Å². The molecule has 1 N–H and O–H groups in total. The Bertz CT molecular complexity index is 970. The molecule has 168 valence electrons. The van der Waals surface area contributed by atoms with Crippen LogP contribution in [0.1, 0.15) is 30.6 Å². The summed E-state index contributed by atoms with van der Waals surface area (Å²) < 4.78 is 9.94. The summed E-state index contributed by atoms with van der Waals surface area (Å²) in [6.07, 6.45) is 4.76. The quantitative estimate of drug-likeness (QED) is 0.388. The molecule has 2 aliphatic carbocycles. The fourth-order valence-corrected chi connectivity index (χ4v) is 4.77. The number of carbonyl (C=O) groups is 5. The van der Waals surface area contributed by atoms with Gasteiger partial charge in [-0.25, -0.2) is 9.59 Å². The summed E-state index contributed by atoms with van der Waals surface area (Å²) in [6, 6.07) is 4.96. The van der Waals surface area contributed by atoms with Gasteiger partial charge in [-0.1, -0.05) is 12.2 Å². The highest BCUT2D eigenvalue weighted by molar-refractivity contribution is 6.09. The van der Waals surface area contributed by atoms with Gasteiger partial charge in [-0.2, -0.15) is 0 Å². The molecule has 9 nitrogen and oxygen atoms in total. The van der Waals surface area contributed by atoms with E-state index in [1.165, 1.54) is 31.2 Å². The van der Waals surface area contributed by atoms with Crippen molar-refractivity contribution in [2.45, 2.75) is 26.3 Å². The molecule has 3 amide bonds. The predicted molar refractivity (Wildman–Crippen MR) is 111 cm³/mol. The van der Waals surface area contributed by atoms with Gasteiger partial charge in [-0.3, -0.25) is 19.3 Å². The number of rotatable bonds is 7. The lowest BCUT2D eigenvalue weighted by molar-refractivity contribution is -0.159. The first-order valence-corrected chi connectivity index (χ1v) is 10.6. The fraction of sp³-hybridized carbons (Fsp3) is 0.435. The molecule has 0 aromatic heterocycles. The van der Waals surface area contributed by atoms with Crippen molar-refractivity contribution in [3.63, 3.8) is 0 Å². The van der Waals surface area contributed by atoms with Gasteiger partial charge < -0.3 is 14.8 Å². The number of anilines is 1. The van der Waals surface area contributed by atoms with E-state index in [0.29, 0.717) is 11.3 Å². The van der Waals surface area contributed by atoms with E-state index in [9.17, 15) is 24.0 Å². The number of fused-ring (bicyclic) bond motifs is 5. The molecule has 5 atom stereocenters. The molecule has 1 saturated carbocycles. The van der Waals surface area contributed by atoms with Crippen molar-refractivity contribution >= 4 is 35.3 Å². The van der Waals surface area contributed by atoms with E-state index in [-0.39, 0.29) is 30.3 Å². The minimum absolute atomic E-state index is 0.0515. The number of amides is 3. The van der Waals surface area contributed by atoms with Gasteiger partial charge in [-0.15, -0.1) is 0 Å². The van der Waals surface area contributed by atoms with Crippen LogP contribution in [0.2, 0.25) is 0 Å². The van der Waals surface area contributed by atoms with Gasteiger partial charge >= 0.3 is 11.9 Å². The third kappa shape index (κ3) is 3.79. The topological polar surface area (TPSA) is 119 Å². The number of ether oxygens (including phenoxy) is 2.